The SMILES string of the molecule is CCN1CCC(CNC(C)Cc2ccc(Cl)cc2)CC1. The van der Waals surface area contributed by atoms with Gasteiger partial charge in [0.25, 0.3) is 0 Å². The molecule has 112 valence electrons. The third-order valence-corrected chi connectivity index (χ3v) is 4.62. The zero-order chi connectivity index (χ0) is 14.4. The van der Waals surface area contributed by atoms with Crippen molar-refractivity contribution < 1.29 is 0 Å². The molecule has 1 atom stereocenters. The van der Waals surface area contributed by atoms with Gasteiger partial charge in [0.15, 0.2) is 0 Å². The molecule has 0 bridgehead atoms. The highest BCUT2D eigenvalue weighted by molar-refractivity contribution is 6.30. The lowest BCUT2D eigenvalue weighted by atomic mass is 9.96. The average Bonchev–Trinajstić information content (AvgIpc) is 2.48. The van der Waals surface area contributed by atoms with Crippen molar-refractivity contribution in [3.63, 3.8) is 0 Å². The van der Waals surface area contributed by atoms with Gasteiger partial charge in [-0.05, 0) is 76.0 Å². The first kappa shape index (κ1) is 15.8. The first-order valence-corrected chi connectivity index (χ1v) is 8.25. The maximum Gasteiger partial charge on any atom is 0.0406 e. The topological polar surface area (TPSA) is 15.3 Å². The largest absolute Gasteiger partial charge is 0.314 e. The molecule has 0 spiro atoms. The second kappa shape index (κ2) is 8.02. The Bertz CT molecular complexity index is 382. The van der Waals surface area contributed by atoms with E-state index in [1.165, 1.54) is 38.0 Å². The van der Waals surface area contributed by atoms with Crippen molar-refractivity contribution in [2.45, 2.75) is 39.2 Å². The van der Waals surface area contributed by atoms with Gasteiger partial charge in [0, 0.05) is 11.1 Å². The molecular weight excluding hydrogens is 268 g/mol. The zero-order valence-corrected chi connectivity index (χ0v) is 13.5. The van der Waals surface area contributed by atoms with Crippen LogP contribution in [-0.2, 0) is 6.42 Å². The van der Waals surface area contributed by atoms with Crippen molar-refractivity contribution >= 4 is 11.6 Å². The van der Waals surface area contributed by atoms with Crippen molar-refractivity contribution in [2.24, 2.45) is 5.92 Å². The second-order valence-corrected chi connectivity index (χ2v) is 6.45. The van der Waals surface area contributed by atoms with Gasteiger partial charge in [-0.3, -0.25) is 0 Å². The number of nitrogens with one attached hydrogen (secondary N) is 1. The summed E-state index contributed by atoms with van der Waals surface area (Å²) >= 11 is 5.92. The van der Waals surface area contributed by atoms with Crippen LogP contribution in [-0.4, -0.2) is 37.1 Å². The Morgan fingerprint density at radius 3 is 2.50 bits per heavy atom. The molecule has 1 fully saturated rings. The first-order chi connectivity index (χ1) is 9.67. The fourth-order valence-electron chi connectivity index (χ4n) is 2.92. The van der Waals surface area contributed by atoms with E-state index in [1.807, 2.05) is 12.1 Å². The van der Waals surface area contributed by atoms with Gasteiger partial charge in [-0.1, -0.05) is 30.7 Å². The number of nitrogens with zero attached hydrogens (tertiary/aromatic N) is 1. The Kier molecular flexibility index (Phi) is 6.34. The highest BCUT2D eigenvalue weighted by atomic mass is 35.5. The summed E-state index contributed by atoms with van der Waals surface area (Å²) in [4.78, 5) is 2.55. The number of hydrogen-bond acceptors (Lipinski definition) is 2. The van der Waals surface area contributed by atoms with Crippen LogP contribution >= 0.6 is 11.6 Å². The fraction of sp³-hybridized carbons (Fsp3) is 0.647. The minimum absolute atomic E-state index is 0.528. The van der Waals surface area contributed by atoms with Crippen molar-refractivity contribution in [3.8, 4) is 0 Å². The Morgan fingerprint density at radius 1 is 1.25 bits per heavy atom. The molecule has 1 N–H and O–H groups in total. The molecule has 1 unspecified atom stereocenters. The molecule has 1 heterocycles. The molecule has 1 saturated heterocycles. The quantitative estimate of drug-likeness (QED) is 0.862. The van der Waals surface area contributed by atoms with E-state index in [0.717, 1.165) is 23.9 Å². The van der Waals surface area contributed by atoms with Gasteiger partial charge < -0.3 is 10.2 Å². The molecular formula is C17H27ClN2. The summed E-state index contributed by atoms with van der Waals surface area (Å²) < 4.78 is 0. The molecule has 20 heavy (non-hydrogen) atoms. The van der Waals surface area contributed by atoms with E-state index < -0.39 is 0 Å². The maximum atomic E-state index is 5.92. The van der Waals surface area contributed by atoms with Crippen molar-refractivity contribution in [2.75, 3.05) is 26.2 Å². The van der Waals surface area contributed by atoms with Gasteiger partial charge in [0.2, 0.25) is 0 Å². The third-order valence-electron chi connectivity index (χ3n) is 4.36. The Balaban J connectivity index is 1.67. The summed E-state index contributed by atoms with van der Waals surface area (Å²) in [6.45, 7) is 9.44. The monoisotopic (exact) mass is 294 g/mol. The van der Waals surface area contributed by atoms with Crippen molar-refractivity contribution in [3.05, 3.63) is 34.9 Å². The van der Waals surface area contributed by atoms with Gasteiger partial charge >= 0.3 is 0 Å². The van der Waals surface area contributed by atoms with Crippen LogP contribution in [0.5, 0.6) is 0 Å². The molecule has 1 aliphatic heterocycles. The highest BCUT2D eigenvalue weighted by Crippen LogP contribution is 2.16. The smallest absolute Gasteiger partial charge is 0.0406 e. The predicted octanol–water partition coefficient (Wildman–Crippen LogP) is 3.59. The van der Waals surface area contributed by atoms with Gasteiger partial charge in [0.1, 0.15) is 0 Å². The summed E-state index contributed by atoms with van der Waals surface area (Å²) in [7, 11) is 0. The molecule has 0 radical (unpaired) electrons. The molecule has 2 rings (SSSR count). The number of benzene rings is 1. The molecule has 1 aromatic rings. The molecule has 0 aliphatic carbocycles. The molecule has 1 aliphatic rings. The lowest BCUT2D eigenvalue weighted by Crippen LogP contribution is -2.39. The number of halogens is 1. The van der Waals surface area contributed by atoms with Gasteiger partial charge in [-0.15, -0.1) is 0 Å². The minimum atomic E-state index is 0.528. The first-order valence-electron chi connectivity index (χ1n) is 7.87. The summed E-state index contributed by atoms with van der Waals surface area (Å²) in [6.07, 6.45) is 3.76. The summed E-state index contributed by atoms with van der Waals surface area (Å²) in [5.74, 6) is 0.852. The van der Waals surface area contributed by atoms with Gasteiger partial charge in [-0.2, -0.15) is 0 Å². The molecule has 0 aromatic heterocycles. The minimum Gasteiger partial charge on any atom is -0.314 e. The standard InChI is InChI=1S/C17H27ClN2/c1-3-20-10-8-16(9-11-20)13-19-14(2)12-15-4-6-17(18)7-5-15/h4-7,14,16,19H,3,8-13H2,1-2H3. The summed E-state index contributed by atoms with van der Waals surface area (Å²) in [6, 6.07) is 8.73. The van der Waals surface area contributed by atoms with Crippen LogP contribution in [0.25, 0.3) is 0 Å². The summed E-state index contributed by atoms with van der Waals surface area (Å²) in [5.41, 5.74) is 1.36. The highest BCUT2D eigenvalue weighted by Gasteiger charge is 2.18. The van der Waals surface area contributed by atoms with Crippen LogP contribution in [0.2, 0.25) is 5.02 Å². The normalized spacial score (nSPS) is 19.1. The Labute approximate surface area is 128 Å². The van der Waals surface area contributed by atoms with Crippen LogP contribution in [0.3, 0.4) is 0 Å². The van der Waals surface area contributed by atoms with Gasteiger partial charge in [0.05, 0.1) is 0 Å². The average molecular weight is 295 g/mol. The third kappa shape index (κ3) is 5.08. The molecule has 0 saturated carbocycles. The van der Waals surface area contributed by atoms with Crippen molar-refractivity contribution in [1.29, 1.82) is 0 Å². The van der Waals surface area contributed by atoms with E-state index in [-0.39, 0.29) is 0 Å². The summed E-state index contributed by atoms with van der Waals surface area (Å²) in [5, 5.41) is 4.51. The molecule has 3 heteroatoms. The van der Waals surface area contributed by atoms with Crippen LogP contribution in [0.15, 0.2) is 24.3 Å². The van der Waals surface area contributed by atoms with E-state index in [9.17, 15) is 0 Å². The zero-order valence-electron chi connectivity index (χ0n) is 12.7. The van der Waals surface area contributed by atoms with Crippen LogP contribution in [0.1, 0.15) is 32.3 Å². The van der Waals surface area contributed by atoms with Gasteiger partial charge in [-0.25, -0.2) is 0 Å². The fourth-order valence-corrected chi connectivity index (χ4v) is 3.05. The van der Waals surface area contributed by atoms with Crippen LogP contribution in [0.4, 0.5) is 0 Å². The van der Waals surface area contributed by atoms with E-state index in [0.29, 0.717) is 6.04 Å². The number of hydrogen-bond donors (Lipinski definition) is 1. The number of likely N-dealkylation sites (tertiary alicyclic amines) is 1. The van der Waals surface area contributed by atoms with E-state index in [1.54, 1.807) is 0 Å². The molecule has 0 amide bonds. The second-order valence-electron chi connectivity index (χ2n) is 6.02. The Morgan fingerprint density at radius 2 is 1.90 bits per heavy atom. The lowest BCUT2D eigenvalue weighted by Gasteiger charge is -2.31. The number of piperidine rings is 1. The predicted molar refractivity (Wildman–Crippen MR) is 87.5 cm³/mol. The maximum absolute atomic E-state index is 5.92. The lowest BCUT2D eigenvalue weighted by molar-refractivity contribution is 0.188. The van der Waals surface area contributed by atoms with E-state index in [2.05, 4.69) is 36.2 Å². The number of rotatable bonds is 6. The van der Waals surface area contributed by atoms with E-state index in [4.69, 9.17) is 11.6 Å². The van der Waals surface area contributed by atoms with Crippen LogP contribution in [0, 0.1) is 5.92 Å². The molecule has 1 aromatic carbocycles. The van der Waals surface area contributed by atoms with Crippen LogP contribution < -0.4 is 5.32 Å². The van der Waals surface area contributed by atoms with Crippen molar-refractivity contribution in [1.82, 2.24) is 10.2 Å². The molecule has 2 nitrogen and oxygen atoms in total. The van der Waals surface area contributed by atoms with E-state index >= 15 is 0 Å². The Hall–Kier alpha value is -0.570.